The molecule has 0 atom stereocenters. The molecule has 0 aliphatic carbocycles. The number of aromatic amines is 1. The van der Waals surface area contributed by atoms with Crippen molar-refractivity contribution in [1.29, 1.82) is 16.2 Å². The van der Waals surface area contributed by atoms with Gasteiger partial charge in [0, 0.05) is 16.3 Å². The van der Waals surface area contributed by atoms with E-state index in [4.69, 9.17) is 53.8 Å². The van der Waals surface area contributed by atoms with E-state index < -0.39 is 0 Å². The first-order chi connectivity index (χ1) is 11.5. The topological polar surface area (TPSA) is 139 Å². The molecule has 0 unspecified atom stereocenters. The molecule has 0 spiro atoms. The minimum absolute atomic E-state index is 0.579. The number of isocyanates is 3. The Morgan fingerprint density at radius 2 is 1.29 bits per heavy atom. The molecular formula is C15H10Cl2N4O3. The number of aromatic nitrogens is 1. The summed E-state index contributed by atoms with van der Waals surface area (Å²) in [5.41, 5.74) is 1.99. The molecule has 0 saturated heterocycles. The Hall–Kier alpha value is -3.04. The summed E-state index contributed by atoms with van der Waals surface area (Å²) in [6, 6.07) is 11.9. The van der Waals surface area contributed by atoms with Crippen molar-refractivity contribution in [2.75, 3.05) is 0 Å². The molecule has 3 rings (SSSR count). The van der Waals surface area contributed by atoms with Gasteiger partial charge in [-0.1, -0.05) is 47.5 Å². The van der Waals surface area contributed by atoms with E-state index >= 15 is 0 Å². The Kier molecular flexibility index (Phi) is 10.1. The molecule has 0 fully saturated rings. The first-order valence-electron chi connectivity index (χ1n) is 5.98. The Balaban J connectivity index is 0.000000500. The molecule has 0 saturated carbocycles. The van der Waals surface area contributed by atoms with E-state index in [2.05, 4.69) is 11.1 Å². The lowest BCUT2D eigenvalue weighted by Crippen LogP contribution is -1.72. The van der Waals surface area contributed by atoms with Crippen LogP contribution in [0.15, 0.2) is 36.4 Å². The number of rotatable bonds is 0. The van der Waals surface area contributed by atoms with Gasteiger partial charge in [0.25, 0.3) is 0 Å². The molecule has 1 heterocycles. The average molecular weight is 365 g/mol. The summed E-state index contributed by atoms with van der Waals surface area (Å²) in [6.45, 7) is 0. The van der Waals surface area contributed by atoms with Gasteiger partial charge in [-0.25, -0.2) is 30.6 Å². The standard InChI is InChI=1S/C12H7Cl2N.3CHNO/c13-9-6-5-8-7-3-1-2-4-10(7)15-12(8)11(9)14;3*2-1-3/h1-6,15H;3*2H. The molecule has 24 heavy (non-hydrogen) atoms. The van der Waals surface area contributed by atoms with E-state index in [1.807, 2.05) is 30.3 Å². The summed E-state index contributed by atoms with van der Waals surface area (Å²) < 4.78 is 0. The summed E-state index contributed by atoms with van der Waals surface area (Å²) in [6.07, 6.45) is 2.25. The van der Waals surface area contributed by atoms with Crippen LogP contribution in [0.4, 0.5) is 0 Å². The fourth-order valence-corrected chi connectivity index (χ4v) is 2.23. The number of nitrogens with one attached hydrogen (secondary N) is 4. The van der Waals surface area contributed by atoms with E-state index in [1.54, 1.807) is 0 Å². The zero-order valence-corrected chi connectivity index (χ0v) is 13.5. The van der Waals surface area contributed by atoms with Crippen LogP contribution in [0.3, 0.4) is 0 Å². The van der Waals surface area contributed by atoms with Gasteiger partial charge in [-0.3, -0.25) is 0 Å². The summed E-state index contributed by atoms with van der Waals surface area (Å²) >= 11 is 12.1. The quantitative estimate of drug-likeness (QED) is 0.348. The minimum atomic E-state index is 0.579. The zero-order valence-electron chi connectivity index (χ0n) is 11.9. The first kappa shape index (κ1) is 21.0. The van der Waals surface area contributed by atoms with E-state index in [9.17, 15) is 0 Å². The maximum Gasteiger partial charge on any atom is 0.231 e. The third kappa shape index (κ3) is 5.63. The zero-order chi connectivity index (χ0) is 18.5. The molecule has 0 aliphatic rings. The highest BCUT2D eigenvalue weighted by Crippen LogP contribution is 2.34. The lowest BCUT2D eigenvalue weighted by Gasteiger charge is -1.96. The van der Waals surface area contributed by atoms with Gasteiger partial charge in [0.2, 0.25) is 18.2 Å². The highest BCUT2D eigenvalue weighted by atomic mass is 35.5. The molecule has 0 amide bonds. The normalized spacial score (nSPS) is 8.08. The van der Waals surface area contributed by atoms with Crippen molar-refractivity contribution < 1.29 is 14.4 Å². The maximum absolute atomic E-state index is 8.35. The van der Waals surface area contributed by atoms with Gasteiger partial charge < -0.3 is 4.98 Å². The van der Waals surface area contributed by atoms with Crippen LogP contribution in [0.25, 0.3) is 21.8 Å². The SMILES string of the molecule is Clc1ccc2c([nH]c3ccccc32)c1Cl.N=C=O.N=C=O.N=C=O. The molecule has 7 nitrogen and oxygen atoms in total. The van der Waals surface area contributed by atoms with E-state index in [0.29, 0.717) is 10.0 Å². The van der Waals surface area contributed by atoms with Crippen molar-refractivity contribution in [3.8, 4) is 0 Å². The third-order valence-electron chi connectivity index (χ3n) is 2.57. The molecule has 0 aliphatic heterocycles. The Morgan fingerprint density at radius 1 is 0.792 bits per heavy atom. The Bertz CT molecular complexity index is 890. The van der Waals surface area contributed by atoms with Gasteiger partial charge >= 0.3 is 0 Å². The molecule has 0 radical (unpaired) electrons. The molecule has 9 heteroatoms. The van der Waals surface area contributed by atoms with Gasteiger partial charge in [-0.2, -0.15) is 0 Å². The summed E-state index contributed by atoms with van der Waals surface area (Å²) in [5, 5.41) is 19.7. The second kappa shape index (κ2) is 11.5. The van der Waals surface area contributed by atoms with Crippen LogP contribution in [0, 0.1) is 16.2 Å². The fraction of sp³-hybridized carbons (Fsp3) is 0. The maximum atomic E-state index is 8.35. The number of H-pyrrole nitrogens is 1. The lowest BCUT2D eigenvalue weighted by molar-refractivity contribution is 0.562. The summed E-state index contributed by atoms with van der Waals surface area (Å²) in [4.78, 5) is 28.3. The average Bonchev–Trinajstić information content (AvgIpc) is 2.93. The predicted octanol–water partition coefficient (Wildman–Crippen LogP) is 4.33. The second-order valence-electron chi connectivity index (χ2n) is 3.76. The first-order valence-corrected chi connectivity index (χ1v) is 6.73. The Morgan fingerprint density at radius 3 is 1.83 bits per heavy atom. The van der Waals surface area contributed by atoms with Crippen molar-refractivity contribution in [2.24, 2.45) is 0 Å². The van der Waals surface area contributed by atoms with Crippen LogP contribution in [0.5, 0.6) is 0 Å². The molecule has 1 aromatic heterocycles. The monoisotopic (exact) mass is 364 g/mol. The van der Waals surface area contributed by atoms with Crippen molar-refractivity contribution in [2.45, 2.75) is 0 Å². The molecule has 122 valence electrons. The highest BCUT2D eigenvalue weighted by molar-refractivity contribution is 6.45. The number of para-hydroxylation sites is 1. The van der Waals surface area contributed by atoms with Crippen LogP contribution in [0.1, 0.15) is 0 Å². The molecule has 3 aromatic rings. The van der Waals surface area contributed by atoms with Crippen LogP contribution in [-0.2, 0) is 14.4 Å². The third-order valence-corrected chi connectivity index (χ3v) is 3.38. The fourth-order valence-electron chi connectivity index (χ4n) is 1.86. The van der Waals surface area contributed by atoms with E-state index in [0.717, 1.165) is 34.7 Å². The highest BCUT2D eigenvalue weighted by Gasteiger charge is 2.08. The second-order valence-corrected chi connectivity index (χ2v) is 4.55. The number of halogens is 2. The van der Waals surface area contributed by atoms with Gasteiger partial charge in [0.15, 0.2) is 0 Å². The van der Waals surface area contributed by atoms with Gasteiger partial charge in [-0.05, 0) is 12.1 Å². The number of benzene rings is 2. The van der Waals surface area contributed by atoms with Crippen molar-refractivity contribution >= 4 is 63.2 Å². The number of hydrogen-bond donors (Lipinski definition) is 4. The molecule has 2 aromatic carbocycles. The van der Waals surface area contributed by atoms with Crippen LogP contribution in [0.2, 0.25) is 10.0 Å². The summed E-state index contributed by atoms with van der Waals surface area (Å²) in [5.74, 6) is 0. The van der Waals surface area contributed by atoms with Crippen molar-refractivity contribution in [3.05, 3.63) is 46.4 Å². The van der Waals surface area contributed by atoms with Gasteiger partial charge in [-0.15, -0.1) is 0 Å². The van der Waals surface area contributed by atoms with E-state index in [-0.39, 0.29) is 0 Å². The molecule has 0 bridgehead atoms. The van der Waals surface area contributed by atoms with Crippen molar-refractivity contribution in [1.82, 2.24) is 4.98 Å². The smallest absolute Gasteiger partial charge is 0.231 e. The van der Waals surface area contributed by atoms with Gasteiger partial charge in [0.05, 0.1) is 15.6 Å². The number of fused-ring (bicyclic) bond motifs is 3. The molecular weight excluding hydrogens is 355 g/mol. The van der Waals surface area contributed by atoms with Gasteiger partial charge in [0.1, 0.15) is 0 Å². The van der Waals surface area contributed by atoms with Crippen molar-refractivity contribution in [3.63, 3.8) is 0 Å². The van der Waals surface area contributed by atoms with Crippen LogP contribution < -0.4 is 0 Å². The van der Waals surface area contributed by atoms with Crippen LogP contribution >= 0.6 is 23.2 Å². The number of hydrogen-bond acceptors (Lipinski definition) is 6. The largest absolute Gasteiger partial charge is 0.353 e. The van der Waals surface area contributed by atoms with E-state index in [1.165, 1.54) is 5.39 Å². The number of carbonyl (C=O) groups excluding carboxylic acids is 3. The Labute approximate surface area is 145 Å². The molecule has 4 N–H and O–H groups in total. The minimum Gasteiger partial charge on any atom is -0.353 e. The lowest BCUT2D eigenvalue weighted by atomic mass is 10.1. The summed E-state index contributed by atoms with van der Waals surface area (Å²) in [7, 11) is 0. The predicted molar refractivity (Wildman–Crippen MR) is 91.1 cm³/mol. The van der Waals surface area contributed by atoms with Crippen LogP contribution in [-0.4, -0.2) is 23.2 Å².